The van der Waals surface area contributed by atoms with Gasteiger partial charge in [0, 0.05) is 68.5 Å². The summed E-state index contributed by atoms with van der Waals surface area (Å²) < 4.78 is 42.3. The van der Waals surface area contributed by atoms with Gasteiger partial charge < -0.3 is 20.1 Å². The van der Waals surface area contributed by atoms with Crippen LogP contribution in [0.2, 0.25) is 0 Å². The smallest absolute Gasteiger partial charge is 0.368 e. The van der Waals surface area contributed by atoms with Crippen LogP contribution in [0.3, 0.4) is 0 Å². The molecule has 0 saturated carbocycles. The van der Waals surface area contributed by atoms with Gasteiger partial charge in [0.15, 0.2) is 0 Å². The maximum atomic E-state index is 13.4. The summed E-state index contributed by atoms with van der Waals surface area (Å²) in [6.07, 6.45) is -0.629. The summed E-state index contributed by atoms with van der Waals surface area (Å²) >= 11 is 0. The lowest BCUT2D eigenvalue weighted by atomic mass is 9.94. The Balaban J connectivity index is 1.42. The van der Waals surface area contributed by atoms with E-state index >= 15 is 0 Å². The van der Waals surface area contributed by atoms with Crippen molar-refractivity contribution in [2.24, 2.45) is 18.7 Å². The Kier molecular flexibility index (Phi) is 7.64. The number of anilines is 1. The molecule has 194 valence electrons. The summed E-state index contributed by atoms with van der Waals surface area (Å²) in [6.45, 7) is 6.22. The lowest BCUT2D eigenvalue weighted by Crippen LogP contribution is -2.49. The normalized spacial score (nSPS) is 15.7. The molecule has 1 aliphatic heterocycles. The summed E-state index contributed by atoms with van der Waals surface area (Å²) in [5, 5.41) is 1.17. The van der Waals surface area contributed by atoms with Crippen LogP contribution in [-0.2, 0) is 24.4 Å². The van der Waals surface area contributed by atoms with E-state index in [0.29, 0.717) is 51.0 Å². The largest absolute Gasteiger partial charge is 0.416 e. The average molecular weight is 501 g/mol. The Labute approximate surface area is 210 Å². The average Bonchev–Trinajstić information content (AvgIpc) is 3.17. The molecule has 0 bridgehead atoms. The quantitative estimate of drug-likeness (QED) is 0.465. The number of nitrogens with zero attached hydrogens (tertiary/aromatic N) is 3. The van der Waals surface area contributed by atoms with Crippen molar-refractivity contribution in [3.8, 4) is 0 Å². The summed E-state index contributed by atoms with van der Waals surface area (Å²) in [4.78, 5) is 16.9. The minimum atomic E-state index is -4.42. The van der Waals surface area contributed by atoms with Crippen molar-refractivity contribution in [1.29, 1.82) is 0 Å². The van der Waals surface area contributed by atoms with E-state index in [2.05, 4.69) is 27.8 Å². The van der Waals surface area contributed by atoms with Crippen LogP contribution in [0, 0.1) is 5.92 Å². The highest BCUT2D eigenvalue weighted by atomic mass is 19.4. The lowest BCUT2D eigenvalue weighted by molar-refractivity contribution is -0.137. The molecule has 4 rings (SSSR count). The third-order valence-corrected chi connectivity index (χ3v) is 7.04. The number of aryl methyl sites for hydroxylation is 2. The highest BCUT2D eigenvalue weighted by molar-refractivity contribution is 5.85. The first-order valence-electron chi connectivity index (χ1n) is 12.6. The fourth-order valence-corrected chi connectivity index (χ4v) is 5.17. The predicted molar refractivity (Wildman–Crippen MR) is 138 cm³/mol. The fraction of sp³-hybridized carbons (Fsp3) is 0.464. The van der Waals surface area contributed by atoms with E-state index in [0.717, 1.165) is 22.8 Å². The number of carbonyl (C=O) groups excluding carboxylic acids is 1. The van der Waals surface area contributed by atoms with E-state index in [-0.39, 0.29) is 11.8 Å². The number of aromatic nitrogens is 1. The zero-order valence-corrected chi connectivity index (χ0v) is 21.2. The second-order valence-electron chi connectivity index (χ2n) is 10.2. The molecular formula is C28H35F3N4O. The summed E-state index contributed by atoms with van der Waals surface area (Å²) in [5.74, 6) is 0.366. The van der Waals surface area contributed by atoms with Crippen molar-refractivity contribution in [3.05, 3.63) is 65.4 Å². The molecule has 1 aromatic heterocycles. The number of amides is 1. The van der Waals surface area contributed by atoms with Crippen molar-refractivity contribution in [2.45, 2.75) is 45.3 Å². The van der Waals surface area contributed by atoms with Crippen molar-refractivity contribution >= 4 is 22.5 Å². The highest BCUT2D eigenvalue weighted by Crippen LogP contribution is 2.36. The molecule has 1 amide bonds. The summed E-state index contributed by atoms with van der Waals surface area (Å²) in [5.41, 5.74) is 9.26. The van der Waals surface area contributed by atoms with Gasteiger partial charge in [0.05, 0.1) is 5.56 Å². The fourth-order valence-electron chi connectivity index (χ4n) is 5.17. The van der Waals surface area contributed by atoms with Gasteiger partial charge in [-0.3, -0.25) is 4.79 Å². The van der Waals surface area contributed by atoms with Crippen LogP contribution >= 0.6 is 0 Å². The van der Waals surface area contributed by atoms with Gasteiger partial charge in [-0.05, 0) is 54.2 Å². The highest BCUT2D eigenvalue weighted by Gasteiger charge is 2.33. The van der Waals surface area contributed by atoms with Crippen LogP contribution in [0.25, 0.3) is 10.9 Å². The number of para-hydroxylation sites is 1. The molecular weight excluding hydrogens is 465 g/mol. The van der Waals surface area contributed by atoms with Crippen molar-refractivity contribution in [2.75, 3.05) is 31.1 Å². The van der Waals surface area contributed by atoms with Gasteiger partial charge in [0.25, 0.3) is 0 Å². The van der Waals surface area contributed by atoms with Crippen LogP contribution in [0.4, 0.5) is 18.9 Å². The van der Waals surface area contributed by atoms with E-state index < -0.39 is 17.8 Å². The second-order valence-corrected chi connectivity index (χ2v) is 10.2. The number of fused-ring (bicyclic) bond motifs is 1. The first-order chi connectivity index (χ1) is 17.0. The third-order valence-electron chi connectivity index (χ3n) is 7.04. The van der Waals surface area contributed by atoms with Gasteiger partial charge in [-0.1, -0.05) is 32.0 Å². The SMILES string of the molecule is CC(C)C[C@H](N)c1cc(C(F)(F)F)ccc1N1CCN(C(=O)CCc2cn(C)c3ccccc23)CC1. The van der Waals surface area contributed by atoms with Crippen LogP contribution in [-0.4, -0.2) is 41.6 Å². The van der Waals surface area contributed by atoms with Crippen molar-refractivity contribution < 1.29 is 18.0 Å². The third kappa shape index (κ3) is 5.69. The first kappa shape index (κ1) is 26.1. The van der Waals surface area contributed by atoms with E-state index in [4.69, 9.17) is 5.73 Å². The molecule has 1 atom stereocenters. The molecule has 2 N–H and O–H groups in total. The zero-order chi connectivity index (χ0) is 26.0. The Morgan fingerprint density at radius 3 is 2.42 bits per heavy atom. The molecule has 0 aliphatic carbocycles. The van der Waals surface area contributed by atoms with Crippen molar-refractivity contribution in [3.63, 3.8) is 0 Å². The molecule has 5 nitrogen and oxygen atoms in total. The first-order valence-corrected chi connectivity index (χ1v) is 12.6. The van der Waals surface area contributed by atoms with E-state index in [9.17, 15) is 18.0 Å². The maximum Gasteiger partial charge on any atom is 0.416 e. The monoisotopic (exact) mass is 500 g/mol. The van der Waals surface area contributed by atoms with Crippen LogP contribution < -0.4 is 10.6 Å². The van der Waals surface area contributed by atoms with Gasteiger partial charge in [0.1, 0.15) is 0 Å². The van der Waals surface area contributed by atoms with E-state index in [1.165, 1.54) is 17.5 Å². The number of rotatable bonds is 7. The molecule has 1 fully saturated rings. The molecule has 8 heteroatoms. The van der Waals surface area contributed by atoms with Gasteiger partial charge in [0.2, 0.25) is 5.91 Å². The van der Waals surface area contributed by atoms with Crippen LogP contribution in [0.15, 0.2) is 48.7 Å². The molecule has 0 spiro atoms. The Morgan fingerprint density at radius 1 is 1.06 bits per heavy atom. The van der Waals surface area contributed by atoms with E-state index in [1.807, 2.05) is 37.9 Å². The molecule has 1 saturated heterocycles. The van der Waals surface area contributed by atoms with Crippen LogP contribution in [0.5, 0.6) is 0 Å². The molecule has 2 aromatic carbocycles. The lowest BCUT2D eigenvalue weighted by Gasteiger charge is -2.38. The molecule has 3 aromatic rings. The Morgan fingerprint density at radius 2 is 1.75 bits per heavy atom. The Bertz CT molecular complexity index is 1210. The molecule has 0 unspecified atom stereocenters. The van der Waals surface area contributed by atoms with Crippen molar-refractivity contribution in [1.82, 2.24) is 9.47 Å². The van der Waals surface area contributed by atoms with E-state index in [1.54, 1.807) is 0 Å². The molecule has 1 aliphatic rings. The molecule has 36 heavy (non-hydrogen) atoms. The summed E-state index contributed by atoms with van der Waals surface area (Å²) in [7, 11) is 2.01. The van der Waals surface area contributed by atoms with Gasteiger partial charge >= 0.3 is 6.18 Å². The second kappa shape index (κ2) is 10.5. The standard InChI is InChI=1S/C28H35F3N4O/c1-19(2)16-24(32)23-17-21(28(29,30)31)9-10-26(23)34-12-14-35(15-13-34)27(36)11-8-20-18-33(3)25-7-5-4-6-22(20)25/h4-7,9-10,17-19,24H,8,11-16,32H2,1-3H3/t24-/m0/s1. The minimum Gasteiger partial charge on any atom is -0.368 e. The number of piperazine rings is 1. The number of alkyl halides is 3. The minimum absolute atomic E-state index is 0.103. The topological polar surface area (TPSA) is 54.5 Å². The van der Waals surface area contributed by atoms with Gasteiger partial charge in [-0.2, -0.15) is 13.2 Å². The summed E-state index contributed by atoms with van der Waals surface area (Å²) in [6, 6.07) is 11.6. The predicted octanol–water partition coefficient (Wildman–Crippen LogP) is 5.52. The number of carbonyl (C=O) groups is 1. The van der Waals surface area contributed by atoms with Crippen LogP contribution in [0.1, 0.15) is 49.4 Å². The van der Waals surface area contributed by atoms with Gasteiger partial charge in [-0.15, -0.1) is 0 Å². The number of nitrogens with two attached hydrogens (primary N) is 1. The maximum absolute atomic E-state index is 13.4. The molecule has 0 radical (unpaired) electrons. The van der Waals surface area contributed by atoms with Gasteiger partial charge in [-0.25, -0.2) is 0 Å². The number of hydrogen-bond donors (Lipinski definition) is 1. The number of halogens is 3. The number of hydrogen-bond acceptors (Lipinski definition) is 3. The zero-order valence-electron chi connectivity index (χ0n) is 21.2. The number of benzene rings is 2. The molecule has 2 heterocycles. The Hall–Kier alpha value is -3.00.